The summed E-state index contributed by atoms with van der Waals surface area (Å²) in [7, 11) is 3.12. The van der Waals surface area contributed by atoms with Crippen molar-refractivity contribution >= 4 is 0 Å². The number of aliphatic hydroxyl groups is 1. The minimum atomic E-state index is -1.26. The minimum Gasteiger partial charge on any atom is -0.497 e. The Morgan fingerprint density at radius 2 is 1.62 bits per heavy atom. The number of hydrogen-bond donors (Lipinski definition) is 1. The van der Waals surface area contributed by atoms with Crippen molar-refractivity contribution in [1.29, 1.82) is 5.26 Å². The molecule has 0 saturated heterocycles. The van der Waals surface area contributed by atoms with Gasteiger partial charge in [-0.3, -0.25) is 0 Å². The zero-order chi connectivity index (χ0) is 15.5. The molecular weight excluding hydrogens is 266 g/mol. The van der Waals surface area contributed by atoms with Gasteiger partial charge in [-0.1, -0.05) is 12.1 Å². The lowest BCUT2D eigenvalue weighted by Crippen LogP contribution is -2.23. The first kappa shape index (κ1) is 14.9. The van der Waals surface area contributed by atoms with E-state index in [4.69, 9.17) is 14.7 Å². The van der Waals surface area contributed by atoms with Crippen LogP contribution in [0, 0.1) is 11.3 Å². The Hall–Kier alpha value is -2.51. The van der Waals surface area contributed by atoms with E-state index in [0.717, 1.165) is 0 Å². The van der Waals surface area contributed by atoms with Gasteiger partial charge in [0, 0.05) is 6.07 Å². The van der Waals surface area contributed by atoms with Crippen molar-refractivity contribution in [3.05, 3.63) is 59.2 Å². The highest BCUT2D eigenvalue weighted by molar-refractivity contribution is 5.46. The Labute approximate surface area is 124 Å². The van der Waals surface area contributed by atoms with Gasteiger partial charge in [-0.05, 0) is 42.3 Å². The summed E-state index contributed by atoms with van der Waals surface area (Å²) in [6.45, 7) is 1.68. The average Bonchev–Trinajstić information content (AvgIpc) is 2.54. The van der Waals surface area contributed by atoms with Crippen molar-refractivity contribution in [3.8, 4) is 17.6 Å². The summed E-state index contributed by atoms with van der Waals surface area (Å²) in [6.07, 6.45) is 0. The Bertz CT molecular complexity index is 664. The first-order valence-corrected chi connectivity index (χ1v) is 6.48. The van der Waals surface area contributed by atoms with E-state index >= 15 is 0 Å². The molecule has 4 heteroatoms. The van der Waals surface area contributed by atoms with Gasteiger partial charge in [-0.2, -0.15) is 5.26 Å². The molecule has 0 aromatic heterocycles. The highest BCUT2D eigenvalue weighted by Crippen LogP contribution is 2.34. The molecule has 0 fully saturated rings. The van der Waals surface area contributed by atoms with Crippen molar-refractivity contribution in [2.45, 2.75) is 12.5 Å². The molecule has 108 valence electrons. The molecule has 0 heterocycles. The van der Waals surface area contributed by atoms with Crippen LogP contribution < -0.4 is 9.47 Å². The molecule has 0 spiro atoms. The number of hydrogen-bond acceptors (Lipinski definition) is 4. The zero-order valence-corrected chi connectivity index (χ0v) is 12.3. The third-order valence-electron chi connectivity index (χ3n) is 3.47. The van der Waals surface area contributed by atoms with Gasteiger partial charge >= 0.3 is 0 Å². The summed E-state index contributed by atoms with van der Waals surface area (Å²) in [5.74, 6) is 1.20. The molecule has 1 unspecified atom stereocenters. The van der Waals surface area contributed by atoms with Crippen LogP contribution in [0.2, 0.25) is 0 Å². The molecular formula is C17H17NO3. The van der Waals surface area contributed by atoms with Crippen LogP contribution in [0.25, 0.3) is 0 Å². The Morgan fingerprint density at radius 3 is 2.14 bits per heavy atom. The molecule has 1 N–H and O–H groups in total. The van der Waals surface area contributed by atoms with Gasteiger partial charge < -0.3 is 14.6 Å². The lowest BCUT2D eigenvalue weighted by atomic mass is 9.87. The predicted molar refractivity (Wildman–Crippen MR) is 79.4 cm³/mol. The second-order valence-corrected chi connectivity index (χ2v) is 4.87. The summed E-state index contributed by atoms with van der Waals surface area (Å²) in [6, 6.07) is 14.2. The number of benzene rings is 2. The van der Waals surface area contributed by atoms with Gasteiger partial charge in [0.1, 0.15) is 17.1 Å². The van der Waals surface area contributed by atoms with Crippen LogP contribution in [0.3, 0.4) is 0 Å². The SMILES string of the molecule is COc1cc(OC)cc(C(C)(O)c2cccc(C#N)c2)c1. The molecule has 0 aliphatic rings. The van der Waals surface area contributed by atoms with Gasteiger partial charge in [0.15, 0.2) is 0 Å². The molecule has 0 aliphatic carbocycles. The van der Waals surface area contributed by atoms with Crippen LogP contribution in [-0.4, -0.2) is 19.3 Å². The van der Waals surface area contributed by atoms with E-state index in [-0.39, 0.29) is 0 Å². The number of nitriles is 1. The van der Waals surface area contributed by atoms with E-state index in [2.05, 4.69) is 6.07 Å². The summed E-state index contributed by atoms with van der Waals surface area (Å²) < 4.78 is 10.5. The highest BCUT2D eigenvalue weighted by atomic mass is 16.5. The van der Waals surface area contributed by atoms with E-state index in [9.17, 15) is 5.11 Å². The van der Waals surface area contributed by atoms with Crippen LogP contribution >= 0.6 is 0 Å². The molecule has 0 aliphatic heterocycles. The summed E-state index contributed by atoms with van der Waals surface area (Å²) in [5.41, 5.74) is 0.516. The highest BCUT2D eigenvalue weighted by Gasteiger charge is 2.27. The van der Waals surface area contributed by atoms with Gasteiger partial charge in [-0.15, -0.1) is 0 Å². The Balaban J connectivity index is 2.54. The van der Waals surface area contributed by atoms with E-state index < -0.39 is 5.60 Å². The Morgan fingerprint density at radius 1 is 1.00 bits per heavy atom. The lowest BCUT2D eigenvalue weighted by molar-refractivity contribution is 0.102. The van der Waals surface area contributed by atoms with Crippen LogP contribution in [0.15, 0.2) is 42.5 Å². The number of ether oxygens (including phenoxy) is 2. The van der Waals surface area contributed by atoms with E-state index in [1.807, 2.05) is 0 Å². The molecule has 0 amide bonds. The van der Waals surface area contributed by atoms with Crippen molar-refractivity contribution in [3.63, 3.8) is 0 Å². The van der Waals surface area contributed by atoms with Gasteiger partial charge in [0.05, 0.1) is 25.9 Å². The lowest BCUT2D eigenvalue weighted by Gasteiger charge is -2.25. The number of methoxy groups -OCH3 is 2. The third kappa shape index (κ3) is 2.99. The summed E-state index contributed by atoms with van der Waals surface area (Å²) in [4.78, 5) is 0. The molecule has 0 saturated carbocycles. The van der Waals surface area contributed by atoms with Crippen molar-refractivity contribution in [2.75, 3.05) is 14.2 Å². The second-order valence-electron chi connectivity index (χ2n) is 4.87. The standard InChI is InChI=1S/C17H17NO3/c1-17(19,13-6-4-5-12(7-13)11-18)14-8-15(20-2)10-16(9-14)21-3/h4-10,19H,1-3H3. The monoisotopic (exact) mass is 283 g/mol. The maximum Gasteiger partial charge on any atom is 0.122 e. The second kappa shape index (κ2) is 5.86. The van der Waals surface area contributed by atoms with E-state index in [1.54, 1.807) is 63.6 Å². The summed E-state index contributed by atoms with van der Waals surface area (Å²) >= 11 is 0. The predicted octanol–water partition coefficient (Wildman–Crippen LogP) is 2.83. The maximum atomic E-state index is 10.9. The van der Waals surface area contributed by atoms with Crippen LogP contribution in [0.1, 0.15) is 23.6 Å². The maximum absolute atomic E-state index is 10.9. The van der Waals surface area contributed by atoms with Crippen LogP contribution in [0.4, 0.5) is 0 Å². The molecule has 2 aromatic rings. The van der Waals surface area contributed by atoms with Gasteiger partial charge in [-0.25, -0.2) is 0 Å². The average molecular weight is 283 g/mol. The van der Waals surface area contributed by atoms with Crippen molar-refractivity contribution in [2.24, 2.45) is 0 Å². The fourth-order valence-corrected chi connectivity index (χ4v) is 2.15. The van der Waals surface area contributed by atoms with E-state index in [0.29, 0.717) is 28.2 Å². The molecule has 0 radical (unpaired) electrons. The molecule has 1 atom stereocenters. The van der Waals surface area contributed by atoms with Crippen molar-refractivity contribution in [1.82, 2.24) is 0 Å². The topological polar surface area (TPSA) is 62.5 Å². The van der Waals surface area contributed by atoms with Crippen LogP contribution in [-0.2, 0) is 5.60 Å². The smallest absolute Gasteiger partial charge is 0.122 e. The molecule has 2 rings (SSSR count). The van der Waals surface area contributed by atoms with Crippen molar-refractivity contribution < 1.29 is 14.6 Å². The third-order valence-corrected chi connectivity index (χ3v) is 3.47. The fourth-order valence-electron chi connectivity index (χ4n) is 2.15. The molecule has 0 bridgehead atoms. The Kier molecular flexibility index (Phi) is 4.15. The fraction of sp³-hybridized carbons (Fsp3) is 0.235. The number of rotatable bonds is 4. The summed E-state index contributed by atoms with van der Waals surface area (Å²) in [5, 5.41) is 19.9. The van der Waals surface area contributed by atoms with Gasteiger partial charge in [0.25, 0.3) is 0 Å². The zero-order valence-electron chi connectivity index (χ0n) is 12.3. The number of nitrogens with zero attached hydrogens (tertiary/aromatic N) is 1. The minimum absolute atomic E-state index is 0.502. The molecule has 2 aromatic carbocycles. The van der Waals surface area contributed by atoms with E-state index in [1.165, 1.54) is 0 Å². The quantitative estimate of drug-likeness (QED) is 0.937. The molecule has 21 heavy (non-hydrogen) atoms. The normalized spacial score (nSPS) is 13.1. The van der Waals surface area contributed by atoms with Gasteiger partial charge in [0.2, 0.25) is 0 Å². The first-order valence-electron chi connectivity index (χ1n) is 6.48. The van der Waals surface area contributed by atoms with Crippen LogP contribution in [0.5, 0.6) is 11.5 Å². The largest absolute Gasteiger partial charge is 0.497 e. The molecule has 4 nitrogen and oxygen atoms in total. The first-order chi connectivity index (χ1) is 10.0.